The Morgan fingerprint density at radius 1 is 1.29 bits per heavy atom. The molecular weight excluding hydrogens is 262 g/mol. The number of benzene rings is 1. The van der Waals surface area contributed by atoms with Gasteiger partial charge >= 0.3 is 0 Å². The molecule has 0 aliphatic carbocycles. The van der Waals surface area contributed by atoms with Crippen molar-refractivity contribution in [1.29, 1.82) is 0 Å². The Balaban J connectivity index is 1.80. The minimum Gasteiger partial charge on any atom is -0.385 e. The number of carbonyl (C=O) groups excluding carboxylic acids is 1. The summed E-state index contributed by atoms with van der Waals surface area (Å²) in [5.74, 6) is -0.0336. The molecule has 0 radical (unpaired) electrons. The van der Waals surface area contributed by atoms with Crippen LogP contribution in [0.1, 0.15) is 41.0 Å². The predicted octanol–water partition coefficient (Wildman–Crippen LogP) is 2.93. The van der Waals surface area contributed by atoms with Crippen LogP contribution < -0.4 is 10.6 Å². The number of amides is 1. The first-order valence-electron chi connectivity index (χ1n) is 7.33. The van der Waals surface area contributed by atoms with E-state index in [0.29, 0.717) is 0 Å². The van der Waals surface area contributed by atoms with Gasteiger partial charge < -0.3 is 10.6 Å². The molecule has 2 heterocycles. The number of rotatable bonds is 3. The van der Waals surface area contributed by atoms with E-state index in [9.17, 15) is 4.79 Å². The molecule has 1 aliphatic heterocycles. The first-order valence-corrected chi connectivity index (χ1v) is 7.33. The summed E-state index contributed by atoms with van der Waals surface area (Å²) in [6.07, 6.45) is 3.75. The van der Waals surface area contributed by atoms with Crippen molar-refractivity contribution in [2.75, 3.05) is 11.9 Å². The average molecular weight is 281 g/mol. The standard InChI is InChI=1S/C17H19N3O/c1-12(15-8-2-3-10-18-15)20-17(21)14-6-4-9-16-13(14)7-5-11-19-16/h2-4,6,8-10,12,19H,5,7,11H2,1H3,(H,20,21). The topological polar surface area (TPSA) is 54.0 Å². The highest BCUT2D eigenvalue weighted by molar-refractivity contribution is 5.97. The lowest BCUT2D eigenvalue weighted by atomic mass is 9.97. The van der Waals surface area contributed by atoms with Crippen LogP contribution in [0.3, 0.4) is 0 Å². The van der Waals surface area contributed by atoms with Crippen molar-refractivity contribution in [2.45, 2.75) is 25.8 Å². The maximum absolute atomic E-state index is 12.5. The largest absolute Gasteiger partial charge is 0.385 e. The number of hydrogen-bond acceptors (Lipinski definition) is 3. The van der Waals surface area contributed by atoms with Crippen LogP contribution in [-0.4, -0.2) is 17.4 Å². The van der Waals surface area contributed by atoms with E-state index in [1.165, 1.54) is 0 Å². The lowest BCUT2D eigenvalue weighted by molar-refractivity contribution is 0.0938. The lowest BCUT2D eigenvalue weighted by Crippen LogP contribution is -2.29. The van der Waals surface area contributed by atoms with Gasteiger partial charge in [-0.2, -0.15) is 0 Å². The number of aromatic nitrogens is 1. The van der Waals surface area contributed by atoms with E-state index in [1.54, 1.807) is 6.20 Å². The van der Waals surface area contributed by atoms with Crippen molar-refractivity contribution >= 4 is 11.6 Å². The fourth-order valence-electron chi connectivity index (χ4n) is 2.70. The molecule has 108 valence electrons. The summed E-state index contributed by atoms with van der Waals surface area (Å²) in [5, 5.41) is 6.38. The van der Waals surface area contributed by atoms with Gasteiger partial charge in [-0.25, -0.2) is 0 Å². The zero-order chi connectivity index (χ0) is 14.7. The second-order valence-electron chi connectivity index (χ2n) is 5.31. The van der Waals surface area contributed by atoms with Gasteiger partial charge in [0.15, 0.2) is 0 Å². The van der Waals surface area contributed by atoms with E-state index in [-0.39, 0.29) is 11.9 Å². The Morgan fingerprint density at radius 3 is 3.00 bits per heavy atom. The summed E-state index contributed by atoms with van der Waals surface area (Å²) in [4.78, 5) is 16.8. The molecular formula is C17H19N3O. The number of anilines is 1. The minimum absolute atomic E-state index is 0.0336. The Hall–Kier alpha value is -2.36. The van der Waals surface area contributed by atoms with Gasteiger partial charge in [-0.05, 0) is 49.6 Å². The van der Waals surface area contributed by atoms with E-state index in [2.05, 4.69) is 15.6 Å². The fraction of sp³-hybridized carbons (Fsp3) is 0.294. The number of carbonyl (C=O) groups is 1. The van der Waals surface area contributed by atoms with Crippen LogP contribution in [0.4, 0.5) is 5.69 Å². The summed E-state index contributed by atoms with van der Waals surface area (Å²) < 4.78 is 0. The molecule has 21 heavy (non-hydrogen) atoms. The van der Waals surface area contributed by atoms with Gasteiger partial charge in [0.05, 0.1) is 11.7 Å². The molecule has 1 amide bonds. The monoisotopic (exact) mass is 281 g/mol. The van der Waals surface area contributed by atoms with Gasteiger partial charge in [0.2, 0.25) is 0 Å². The van der Waals surface area contributed by atoms with Crippen molar-refractivity contribution in [1.82, 2.24) is 10.3 Å². The number of nitrogens with one attached hydrogen (secondary N) is 2. The fourth-order valence-corrected chi connectivity index (χ4v) is 2.70. The summed E-state index contributed by atoms with van der Waals surface area (Å²) in [6.45, 7) is 2.93. The van der Waals surface area contributed by atoms with Gasteiger partial charge in [0.1, 0.15) is 0 Å². The summed E-state index contributed by atoms with van der Waals surface area (Å²) in [6, 6.07) is 11.5. The molecule has 0 saturated heterocycles. The maximum Gasteiger partial charge on any atom is 0.252 e. The van der Waals surface area contributed by atoms with Gasteiger partial charge in [-0.1, -0.05) is 12.1 Å². The normalized spacial score (nSPS) is 14.7. The molecule has 0 bridgehead atoms. The van der Waals surface area contributed by atoms with Crippen LogP contribution in [0.2, 0.25) is 0 Å². The molecule has 4 heteroatoms. The Kier molecular flexibility index (Phi) is 3.86. The molecule has 1 aromatic heterocycles. The maximum atomic E-state index is 12.5. The van der Waals surface area contributed by atoms with Gasteiger partial charge in [0, 0.05) is 24.0 Å². The summed E-state index contributed by atoms with van der Waals surface area (Å²) >= 11 is 0. The van der Waals surface area contributed by atoms with Crippen LogP contribution in [0.25, 0.3) is 0 Å². The van der Waals surface area contributed by atoms with Crippen LogP contribution in [0, 0.1) is 0 Å². The highest BCUT2D eigenvalue weighted by Gasteiger charge is 2.19. The molecule has 1 aliphatic rings. The van der Waals surface area contributed by atoms with E-state index < -0.39 is 0 Å². The second-order valence-corrected chi connectivity index (χ2v) is 5.31. The molecule has 4 nitrogen and oxygen atoms in total. The third-order valence-electron chi connectivity index (χ3n) is 3.82. The van der Waals surface area contributed by atoms with Crippen LogP contribution in [0.15, 0.2) is 42.6 Å². The predicted molar refractivity (Wildman–Crippen MR) is 83.4 cm³/mol. The molecule has 1 aromatic carbocycles. The van der Waals surface area contributed by atoms with Crippen molar-refractivity contribution in [3.63, 3.8) is 0 Å². The Bertz CT molecular complexity index is 640. The van der Waals surface area contributed by atoms with Crippen molar-refractivity contribution in [3.05, 3.63) is 59.4 Å². The third kappa shape index (κ3) is 2.89. The Morgan fingerprint density at radius 2 is 2.19 bits per heavy atom. The van der Waals surface area contributed by atoms with Crippen molar-refractivity contribution < 1.29 is 4.79 Å². The summed E-state index contributed by atoms with van der Waals surface area (Å²) in [7, 11) is 0. The quantitative estimate of drug-likeness (QED) is 0.909. The number of hydrogen-bond donors (Lipinski definition) is 2. The van der Waals surface area contributed by atoms with Crippen molar-refractivity contribution in [2.24, 2.45) is 0 Å². The van der Waals surface area contributed by atoms with Gasteiger partial charge in [-0.15, -0.1) is 0 Å². The highest BCUT2D eigenvalue weighted by atomic mass is 16.1. The molecule has 1 unspecified atom stereocenters. The lowest BCUT2D eigenvalue weighted by Gasteiger charge is -2.21. The molecule has 2 N–H and O–H groups in total. The zero-order valence-electron chi connectivity index (χ0n) is 12.1. The van der Waals surface area contributed by atoms with E-state index in [4.69, 9.17) is 0 Å². The molecule has 2 aromatic rings. The van der Waals surface area contributed by atoms with Gasteiger partial charge in [-0.3, -0.25) is 9.78 Å². The first kappa shape index (κ1) is 13.6. The van der Waals surface area contributed by atoms with Crippen LogP contribution in [-0.2, 0) is 6.42 Å². The molecule has 0 spiro atoms. The highest BCUT2D eigenvalue weighted by Crippen LogP contribution is 2.25. The number of pyridine rings is 1. The summed E-state index contributed by atoms with van der Waals surface area (Å²) in [5.41, 5.74) is 3.84. The van der Waals surface area contributed by atoms with E-state index in [1.807, 2.05) is 43.3 Å². The average Bonchev–Trinajstić information content (AvgIpc) is 2.55. The molecule has 3 rings (SSSR count). The Labute approximate surface area is 124 Å². The SMILES string of the molecule is CC(NC(=O)c1cccc2c1CCCN2)c1ccccn1. The minimum atomic E-state index is -0.105. The van der Waals surface area contributed by atoms with E-state index >= 15 is 0 Å². The number of nitrogens with zero attached hydrogens (tertiary/aromatic N) is 1. The van der Waals surface area contributed by atoms with E-state index in [0.717, 1.165) is 41.9 Å². The first-order chi connectivity index (χ1) is 10.3. The molecule has 0 fully saturated rings. The number of fused-ring (bicyclic) bond motifs is 1. The zero-order valence-corrected chi connectivity index (χ0v) is 12.1. The molecule has 1 atom stereocenters. The van der Waals surface area contributed by atoms with Crippen LogP contribution >= 0.6 is 0 Å². The second kappa shape index (κ2) is 5.95. The third-order valence-corrected chi connectivity index (χ3v) is 3.82. The van der Waals surface area contributed by atoms with Crippen molar-refractivity contribution in [3.8, 4) is 0 Å². The van der Waals surface area contributed by atoms with Crippen LogP contribution in [0.5, 0.6) is 0 Å². The smallest absolute Gasteiger partial charge is 0.252 e. The van der Waals surface area contributed by atoms with Gasteiger partial charge in [0.25, 0.3) is 5.91 Å². The molecule has 0 saturated carbocycles.